The number of anilines is 3. The van der Waals surface area contributed by atoms with Crippen molar-refractivity contribution >= 4 is 92.2 Å². The molecule has 4 saturated heterocycles. The van der Waals surface area contributed by atoms with Gasteiger partial charge >= 0.3 is 19.3 Å². The van der Waals surface area contributed by atoms with Crippen molar-refractivity contribution in [2.75, 3.05) is 56.5 Å². The van der Waals surface area contributed by atoms with Crippen LogP contribution in [0.5, 0.6) is 0 Å². The molecule has 0 saturated carbocycles. The van der Waals surface area contributed by atoms with Gasteiger partial charge in [-0.2, -0.15) is 14.0 Å². The molecular weight excluding hydrogens is 1660 g/mol. The second-order valence-corrected chi connectivity index (χ2v) is 35.3. The van der Waals surface area contributed by atoms with Gasteiger partial charge in [-0.05, 0) is 223 Å². The van der Waals surface area contributed by atoms with Crippen molar-refractivity contribution in [1.29, 1.82) is 0 Å². The van der Waals surface area contributed by atoms with Crippen LogP contribution in [0.15, 0.2) is 114 Å². The lowest BCUT2D eigenvalue weighted by atomic mass is 9.79. The summed E-state index contributed by atoms with van der Waals surface area (Å²) >= 11 is 8.28. The first-order valence-electron chi connectivity index (χ1n) is 37.2. The highest BCUT2D eigenvalue weighted by Gasteiger charge is 2.52. The minimum Gasteiger partial charge on any atom is -0.444 e. The number of amides is 2. The number of nitrogen functional groups attached to an aromatic ring is 3. The van der Waals surface area contributed by atoms with E-state index in [1.54, 1.807) is 69.3 Å². The molecule has 0 unspecified atom stereocenters. The number of piperidine rings is 3. The van der Waals surface area contributed by atoms with Gasteiger partial charge in [0.2, 0.25) is 0 Å². The Balaban J connectivity index is 0.000000148. The number of nitrogens with zero attached hydrogens (tertiary/aromatic N) is 20. The second kappa shape index (κ2) is 36.2. The molecule has 13 heterocycles. The van der Waals surface area contributed by atoms with Gasteiger partial charge in [-0.15, -0.1) is 49.3 Å². The number of likely N-dealkylation sites (tertiary alicyclic amines) is 2. The van der Waals surface area contributed by atoms with E-state index in [1.165, 1.54) is 53.9 Å². The van der Waals surface area contributed by atoms with Crippen LogP contribution in [-0.4, -0.2) is 181 Å². The van der Waals surface area contributed by atoms with Crippen LogP contribution >= 0.6 is 49.9 Å². The Labute approximate surface area is 696 Å². The molecule has 41 heteroatoms. The van der Waals surface area contributed by atoms with E-state index in [-0.39, 0.29) is 77.5 Å². The molecule has 4 aliphatic rings. The zero-order chi connectivity index (χ0) is 83.4. The molecule has 9 aromatic heterocycles. The summed E-state index contributed by atoms with van der Waals surface area (Å²) in [5.41, 5.74) is 19.1. The summed E-state index contributed by atoms with van der Waals surface area (Å²) in [5.74, 6) is -4.24. The maximum absolute atomic E-state index is 14.5. The minimum absolute atomic E-state index is 0. The molecular formula is C77H86BBrF6N24O6S3. The lowest BCUT2D eigenvalue weighted by Crippen LogP contribution is -2.41. The Bertz CT molecular complexity index is 5520. The number of carbonyl (C=O) groups excluding carboxylic acids is 2. The average Bonchev–Trinajstić information content (AvgIpc) is 1.61. The third-order valence-electron chi connectivity index (χ3n) is 19.7. The number of hydrogen-bond donors (Lipinski definition) is 4. The molecule has 30 nitrogen and oxygen atoms in total. The van der Waals surface area contributed by atoms with E-state index >= 15 is 0 Å². The van der Waals surface area contributed by atoms with E-state index in [1.807, 2.05) is 81.6 Å². The van der Waals surface area contributed by atoms with Crippen molar-refractivity contribution in [3.05, 3.63) is 164 Å². The van der Waals surface area contributed by atoms with Gasteiger partial charge in [0.25, 0.3) is 0 Å². The molecule has 0 bridgehead atoms. The predicted molar refractivity (Wildman–Crippen MR) is 439 cm³/mol. The highest BCUT2D eigenvalue weighted by atomic mass is 79.9. The lowest BCUT2D eigenvalue weighted by Gasteiger charge is -2.32. The maximum atomic E-state index is 14.5. The van der Waals surface area contributed by atoms with Crippen LogP contribution in [0.4, 0.5) is 53.4 Å². The zero-order valence-electron chi connectivity index (χ0n) is 65.2. The van der Waals surface area contributed by atoms with Crippen molar-refractivity contribution in [1.82, 2.24) is 106 Å². The van der Waals surface area contributed by atoms with Crippen LogP contribution in [0.1, 0.15) is 148 Å². The molecule has 0 spiro atoms. The Morgan fingerprint density at radius 3 is 1.21 bits per heavy atom. The number of rotatable bonds is 12. The molecule has 3 aromatic carbocycles. The Hall–Kier alpha value is -10.8. The van der Waals surface area contributed by atoms with Gasteiger partial charge in [-0.1, -0.05) is 25.6 Å². The molecule has 0 aliphatic carbocycles. The van der Waals surface area contributed by atoms with Gasteiger partial charge in [0.15, 0.2) is 52.4 Å². The fourth-order valence-corrected chi connectivity index (χ4v) is 16.4. The average molecular weight is 1740 g/mol. The largest absolute Gasteiger partial charge is 0.496 e. The number of ether oxygens (including phenoxy) is 2. The first-order chi connectivity index (χ1) is 55.7. The standard InChI is InChI=1S/C25H26F2N8O2S.C20H18F2N8S.C18H19BF2N6O2.C13H19BrN2O2S.CH4/c1-25(2,3)37-24(36)34-9-7-14(8-10-34)23-30-13-19(38-23)15-11-16(21(28)29-12-15)22-31-32-33-35(22)18-6-4-5-17(26)20(18)27;21-14-2-1-3-15(17(14)22)30-19(27-28-29-30)13-8-12(9-25-18(13)23)16-10-26-20(31-16)11-4-6-24-7-5-11;1-17(2)18(3,4)29-19(28-17)10-8-11(15(22)23-9-10)16-24-25-26-27(16)13-7-5-6-12(20)14(13)21;1-13(2,3)18-12(17)16-6-4-9(5-7-16)11-15-8-10(14)19-11;/h4-6,11-14H,7-10H2,1-3H3,(H2,28,29);1-3,8-11,24H,4-7H2,(H2,23,25);5-9H,1-4H3,(H2,22,23);8-9H,4-7H2,1-3H3;1H4. The molecule has 4 fully saturated rings. The number of tetrazole rings is 3. The fourth-order valence-electron chi connectivity index (χ4n) is 12.9. The highest BCUT2D eigenvalue weighted by Crippen LogP contribution is 2.42. The van der Waals surface area contributed by atoms with Gasteiger partial charge in [0.1, 0.15) is 45.7 Å². The smallest absolute Gasteiger partial charge is 0.444 e. The van der Waals surface area contributed by atoms with Crippen LogP contribution in [0.2, 0.25) is 0 Å². The van der Waals surface area contributed by atoms with Crippen LogP contribution in [0.25, 0.3) is 72.1 Å². The van der Waals surface area contributed by atoms with Crippen molar-refractivity contribution in [3.8, 4) is 72.1 Å². The second-order valence-electron chi connectivity index (χ2n) is 30.7. The SMILES string of the molecule is C.CC(C)(C)OC(=O)N1CCC(c2ncc(-c3cnc(N)c(-c4nnnn4-c4cccc(F)c4F)c3)s2)CC1.CC(C)(C)OC(=O)N1CCC(c2ncc(Br)s2)CC1.CC1(C)OB(c2cnc(N)c(-c3nnnn3-c3cccc(F)c3F)c2)OC1(C)C.Nc1ncc(-c2cnc(C3CCNCC3)s2)cc1-c1nnnn1-c1cccc(F)c1F. The highest BCUT2D eigenvalue weighted by molar-refractivity contribution is 9.11. The molecule has 0 radical (unpaired) electrons. The third kappa shape index (κ3) is 19.8. The first kappa shape index (κ1) is 86.5. The summed E-state index contributed by atoms with van der Waals surface area (Å²) in [6.45, 7) is 23.7. The summed E-state index contributed by atoms with van der Waals surface area (Å²) < 4.78 is 112. The summed E-state index contributed by atoms with van der Waals surface area (Å²) in [5, 5.41) is 40.8. The number of carbonyl (C=O) groups is 2. The van der Waals surface area contributed by atoms with E-state index in [2.05, 4.69) is 97.7 Å². The van der Waals surface area contributed by atoms with Crippen LogP contribution in [0, 0.1) is 34.9 Å². The number of nitrogens with two attached hydrogens (primary N) is 3. The predicted octanol–water partition coefficient (Wildman–Crippen LogP) is 14.5. The molecule has 7 N–H and O–H groups in total. The molecule has 118 heavy (non-hydrogen) atoms. The lowest BCUT2D eigenvalue weighted by molar-refractivity contribution is 0.00578. The van der Waals surface area contributed by atoms with Crippen molar-refractivity contribution in [2.45, 2.75) is 155 Å². The molecule has 4 aliphatic heterocycles. The van der Waals surface area contributed by atoms with E-state index in [0.717, 1.165) is 137 Å². The molecule has 2 amide bonds. The van der Waals surface area contributed by atoms with E-state index < -0.39 is 64.4 Å². The minimum atomic E-state index is -1.08. The van der Waals surface area contributed by atoms with Gasteiger partial charge in [0.05, 0.1) is 62.7 Å². The Morgan fingerprint density at radius 1 is 0.500 bits per heavy atom. The summed E-state index contributed by atoms with van der Waals surface area (Å²) in [6, 6.07) is 16.5. The van der Waals surface area contributed by atoms with Gasteiger partial charge in [-0.25, -0.2) is 65.8 Å². The van der Waals surface area contributed by atoms with Crippen LogP contribution < -0.4 is 28.0 Å². The van der Waals surface area contributed by atoms with Gasteiger partial charge < -0.3 is 51.1 Å². The molecule has 12 aromatic rings. The number of hydrogen-bond acceptors (Lipinski definition) is 28. The Morgan fingerprint density at radius 2 is 0.847 bits per heavy atom. The van der Waals surface area contributed by atoms with E-state index in [0.29, 0.717) is 47.1 Å². The van der Waals surface area contributed by atoms with Gasteiger partial charge in [0, 0.05) is 91.5 Å². The van der Waals surface area contributed by atoms with Crippen molar-refractivity contribution < 1.29 is 54.7 Å². The van der Waals surface area contributed by atoms with Crippen LogP contribution in [-0.2, 0) is 18.8 Å². The van der Waals surface area contributed by atoms with Gasteiger partial charge in [-0.3, -0.25) is 0 Å². The number of nitrogens with one attached hydrogen (secondary N) is 1. The number of halogens is 7. The number of pyridine rings is 3. The fraction of sp³-hybridized carbons (Fsp3) is 0.390. The van der Waals surface area contributed by atoms with E-state index in [4.69, 9.17) is 36.0 Å². The van der Waals surface area contributed by atoms with E-state index in [9.17, 15) is 35.9 Å². The quantitative estimate of drug-likeness (QED) is 0.0652. The van der Waals surface area contributed by atoms with Crippen molar-refractivity contribution in [2.24, 2.45) is 0 Å². The monoisotopic (exact) mass is 1740 g/mol. The number of benzene rings is 3. The normalized spacial score (nSPS) is 15.8. The summed E-state index contributed by atoms with van der Waals surface area (Å²) in [6.07, 6.45) is 15.4. The third-order valence-corrected chi connectivity index (χ3v) is 23.8. The molecule has 16 rings (SSSR count). The van der Waals surface area contributed by atoms with Crippen molar-refractivity contribution in [3.63, 3.8) is 0 Å². The summed E-state index contributed by atoms with van der Waals surface area (Å²) in [4.78, 5) is 56.1. The molecule has 0 atom stereocenters. The summed E-state index contributed by atoms with van der Waals surface area (Å²) in [7, 11) is -0.679. The first-order valence-corrected chi connectivity index (χ1v) is 40.4. The topological polar surface area (TPSA) is 376 Å². The number of thiazole rings is 3. The zero-order valence-corrected chi connectivity index (χ0v) is 69.2. The molecule has 620 valence electrons. The Kier molecular flexibility index (Phi) is 26.5. The number of aromatic nitrogens is 18. The van der Waals surface area contributed by atoms with Crippen LogP contribution in [0.3, 0.4) is 0 Å². The maximum Gasteiger partial charge on any atom is 0.496 e.